The van der Waals surface area contributed by atoms with Crippen LogP contribution < -0.4 is 5.32 Å². The van der Waals surface area contributed by atoms with Crippen molar-refractivity contribution in [2.75, 3.05) is 7.11 Å². The molecule has 1 amide bonds. The summed E-state index contributed by atoms with van der Waals surface area (Å²) in [6.45, 7) is 0. The van der Waals surface area contributed by atoms with E-state index in [0.717, 1.165) is 10.9 Å². The highest BCUT2D eigenvalue weighted by Gasteiger charge is 2.22. The first-order valence-electron chi connectivity index (χ1n) is 8.51. The van der Waals surface area contributed by atoms with E-state index in [1.54, 1.807) is 0 Å². The molecule has 0 unspecified atom stereocenters. The quantitative estimate of drug-likeness (QED) is 0.681. The standard InChI is InChI=1S/C21H19FN2O3/c1-27-21(26)19(24-20(25)12-14-6-9-16(22)10-7-14)13-17-11-8-15-4-2-3-5-18(15)23-17/h2-11,19H,12-13H2,1H3,(H,24,25)/t19-/m1/s1. The Labute approximate surface area is 156 Å². The first kappa shape index (κ1) is 18.5. The first-order chi connectivity index (χ1) is 13.0. The molecule has 0 aliphatic rings. The van der Waals surface area contributed by atoms with Crippen LogP contribution in [-0.4, -0.2) is 30.0 Å². The maximum Gasteiger partial charge on any atom is 0.328 e. The van der Waals surface area contributed by atoms with Gasteiger partial charge in [0.05, 0.1) is 19.0 Å². The summed E-state index contributed by atoms with van der Waals surface area (Å²) >= 11 is 0. The fourth-order valence-corrected chi connectivity index (χ4v) is 2.80. The maximum absolute atomic E-state index is 13.0. The van der Waals surface area contributed by atoms with Crippen molar-refractivity contribution < 1.29 is 18.7 Å². The Balaban J connectivity index is 1.71. The van der Waals surface area contributed by atoms with E-state index in [4.69, 9.17) is 4.74 Å². The largest absolute Gasteiger partial charge is 0.467 e. The Kier molecular flexibility index (Phi) is 5.76. The van der Waals surface area contributed by atoms with Crippen LogP contribution in [0.4, 0.5) is 4.39 Å². The van der Waals surface area contributed by atoms with Crippen LogP contribution in [-0.2, 0) is 27.2 Å². The summed E-state index contributed by atoms with van der Waals surface area (Å²) in [5, 5.41) is 3.68. The van der Waals surface area contributed by atoms with Crippen LogP contribution in [0.2, 0.25) is 0 Å². The van der Waals surface area contributed by atoms with Crippen LogP contribution in [0.15, 0.2) is 60.7 Å². The highest BCUT2D eigenvalue weighted by Crippen LogP contribution is 2.13. The minimum atomic E-state index is -0.850. The predicted molar refractivity (Wildman–Crippen MR) is 99.5 cm³/mol. The van der Waals surface area contributed by atoms with Crippen molar-refractivity contribution in [2.45, 2.75) is 18.9 Å². The van der Waals surface area contributed by atoms with Crippen molar-refractivity contribution in [2.24, 2.45) is 0 Å². The van der Waals surface area contributed by atoms with Gasteiger partial charge in [0.25, 0.3) is 0 Å². The van der Waals surface area contributed by atoms with Crippen molar-refractivity contribution in [3.63, 3.8) is 0 Å². The smallest absolute Gasteiger partial charge is 0.328 e. The summed E-state index contributed by atoms with van der Waals surface area (Å²) in [7, 11) is 1.27. The number of esters is 1. The van der Waals surface area contributed by atoms with Gasteiger partial charge in [-0.3, -0.25) is 9.78 Å². The van der Waals surface area contributed by atoms with Crippen molar-refractivity contribution >= 4 is 22.8 Å². The van der Waals surface area contributed by atoms with Crippen molar-refractivity contribution in [1.29, 1.82) is 0 Å². The van der Waals surface area contributed by atoms with Gasteiger partial charge in [0.15, 0.2) is 0 Å². The molecule has 0 fully saturated rings. The molecule has 3 rings (SSSR count). The van der Waals surface area contributed by atoms with Gasteiger partial charge in [-0.05, 0) is 29.8 Å². The van der Waals surface area contributed by atoms with Gasteiger partial charge in [-0.15, -0.1) is 0 Å². The fourth-order valence-electron chi connectivity index (χ4n) is 2.80. The van der Waals surface area contributed by atoms with Gasteiger partial charge in [0.1, 0.15) is 11.9 Å². The number of halogens is 1. The van der Waals surface area contributed by atoms with Gasteiger partial charge in [0.2, 0.25) is 5.91 Å². The van der Waals surface area contributed by atoms with Gasteiger partial charge in [-0.1, -0.05) is 36.4 Å². The number of nitrogens with one attached hydrogen (secondary N) is 1. The third-order valence-corrected chi connectivity index (χ3v) is 4.17. The second kappa shape index (κ2) is 8.40. The number of fused-ring (bicyclic) bond motifs is 1. The average molecular weight is 366 g/mol. The first-order valence-corrected chi connectivity index (χ1v) is 8.51. The lowest BCUT2D eigenvalue weighted by Crippen LogP contribution is -2.43. The molecule has 0 radical (unpaired) electrons. The topological polar surface area (TPSA) is 68.3 Å². The highest BCUT2D eigenvalue weighted by atomic mass is 19.1. The molecule has 0 saturated heterocycles. The summed E-state index contributed by atoms with van der Waals surface area (Å²) in [6.07, 6.45) is 0.256. The Morgan fingerprint density at radius 1 is 1.07 bits per heavy atom. The molecule has 0 aliphatic carbocycles. The van der Waals surface area contributed by atoms with Gasteiger partial charge >= 0.3 is 5.97 Å². The molecule has 1 aromatic heterocycles. The number of ether oxygens (including phenoxy) is 1. The molecule has 3 aromatic rings. The number of nitrogens with zero attached hydrogens (tertiary/aromatic N) is 1. The number of benzene rings is 2. The molecular formula is C21H19FN2O3. The number of methoxy groups -OCH3 is 1. The van der Waals surface area contributed by atoms with E-state index >= 15 is 0 Å². The van der Waals surface area contributed by atoms with E-state index in [9.17, 15) is 14.0 Å². The highest BCUT2D eigenvalue weighted by molar-refractivity contribution is 5.86. The summed E-state index contributed by atoms with van der Waals surface area (Å²) in [6, 6.07) is 16.2. The van der Waals surface area contributed by atoms with Crippen LogP contribution in [0.25, 0.3) is 10.9 Å². The van der Waals surface area contributed by atoms with E-state index in [-0.39, 0.29) is 24.6 Å². The molecule has 2 aromatic carbocycles. The minimum absolute atomic E-state index is 0.0406. The third kappa shape index (κ3) is 4.88. The molecule has 1 heterocycles. The lowest BCUT2D eigenvalue weighted by atomic mass is 10.1. The summed E-state index contributed by atoms with van der Waals surface area (Å²) in [4.78, 5) is 28.9. The number of carbonyl (C=O) groups excluding carboxylic acids is 2. The Morgan fingerprint density at radius 3 is 2.56 bits per heavy atom. The van der Waals surface area contributed by atoms with Crippen LogP contribution in [0.1, 0.15) is 11.3 Å². The zero-order valence-corrected chi connectivity index (χ0v) is 14.8. The third-order valence-electron chi connectivity index (χ3n) is 4.17. The number of rotatable bonds is 6. The zero-order chi connectivity index (χ0) is 19.2. The van der Waals surface area contributed by atoms with E-state index in [0.29, 0.717) is 11.3 Å². The van der Waals surface area contributed by atoms with Gasteiger partial charge < -0.3 is 10.1 Å². The van der Waals surface area contributed by atoms with Crippen molar-refractivity contribution in [1.82, 2.24) is 10.3 Å². The maximum atomic E-state index is 13.0. The van der Waals surface area contributed by atoms with Crippen LogP contribution in [0, 0.1) is 5.82 Å². The Bertz CT molecular complexity index is 957. The van der Waals surface area contributed by atoms with Crippen molar-refractivity contribution in [3.8, 4) is 0 Å². The van der Waals surface area contributed by atoms with Crippen LogP contribution >= 0.6 is 0 Å². The number of pyridine rings is 1. The molecular weight excluding hydrogens is 347 g/mol. The number of aromatic nitrogens is 1. The molecule has 6 heteroatoms. The molecule has 5 nitrogen and oxygen atoms in total. The van der Waals surface area contributed by atoms with Gasteiger partial charge in [0, 0.05) is 17.5 Å². The van der Waals surface area contributed by atoms with Crippen LogP contribution in [0.5, 0.6) is 0 Å². The lowest BCUT2D eigenvalue weighted by molar-refractivity contribution is -0.145. The molecule has 0 spiro atoms. The van der Waals surface area contributed by atoms with E-state index in [2.05, 4.69) is 10.3 Å². The Morgan fingerprint density at radius 2 is 1.81 bits per heavy atom. The van der Waals surface area contributed by atoms with Gasteiger partial charge in [-0.2, -0.15) is 0 Å². The van der Waals surface area contributed by atoms with Crippen LogP contribution in [0.3, 0.4) is 0 Å². The molecule has 1 atom stereocenters. The lowest BCUT2D eigenvalue weighted by Gasteiger charge is -2.16. The zero-order valence-electron chi connectivity index (χ0n) is 14.8. The summed E-state index contributed by atoms with van der Waals surface area (Å²) in [5.74, 6) is -1.26. The number of hydrogen-bond acceptors (Lipinski definition) is 4. The molecule has 0 saturated carbocycles. The van der Waals surface area contributed by atoms with E-state index in [1.165, 1.54) is 31.4 Å². The second-order valence-corrected chi connectivity index (χ2v) is 6.15. The van der Waals surface area contributed by atoms with Gasteiger partial charge in [-0.25, -0.2) is 9.18 Å². The average Bonchev–Trinajstić information content (AvgIpc) is 2.68. The number of para-hydroxylation sites is 1. The normalized spacial score (nSPS) is 11.8. The SMILES string of the molecule is COC(=O)[C@@H](Cc1ccc2ccccc2n1)NC(=O)Cc1ccc(F)cc1. The molecule has 1 N–H and O–H groups in total. The molecule has 138 valence electrons. The monoisotopic (exact) mass is 366 g/mol. The molecule has 0 aliphatic heterocycles. The number of hydrogen-bond donors (Lipinski definition) is 1. The summed E-state index contributed by atoms with van der Waals surface area (Å²) < 4.78 is 17.8. The fraction of sp³-hybridized carbons (Fsp3) is 0.190. The van der Waals surface area contributed by atoms with Crippen molar-refractivity contribution in [3.05, 3.63) is 77.7 Å². The Hall–Kier alpha value is -3.28. The summed E-state index contributed by atoms with van der Waals surface area (Å²) in [5.41, 5.74) is 2.14. The number of carbonyl (C=O) groups is 2. The minimum Gasteiger partial charge on any atom is -0.467 e. The second-order valence-electron chi connectivity index (χ2n) is 6.15. The molecule has 0 bridgehead atoms. The van der Waals surface area contributed by atoms with E-state index < -0.39 is 12.0 Å². The predicted octanol–water partition coefficient (Wildman–Crippen LogP) is 2.82. The van der Waals surface area contributed by atoms with E-state index in [1.807, 2.05) is 36.4 Å². The molecule has 27 heavy (non-hydrogen) atoms. The number of amides is 1.